The van der Waals surface area contributed by atoms with E-state index in [1.54, 1.807) is 6.07 Å². The third kappa shape index (κ3) is 1.93. The predicted molar refractivity (Wildman–Crippen MR) is 89.7 cm³/mol. The van der Waals surface area contributed by atoms with Crippen LogP contribution in [0, 0.1) is 17.6 Å². The molecule has 3 atom stereocenters. The van der Waals surface area contributed by atoms with Gasteiger partial charge in [-0.2, -0.15) is 0 Å². The van der Waals surface area contributed by atoms with Crippen LogP contribution in [0.1, 0.15) is 28.9 Å². The second kappa shape index (κ2) is 4.90. The van der Waals surface area contributed by atoms with Crippen LogP contribution in [0.2, 0.25) is 5.02 Å². The minimum absolute atomic E-state index is 0.163. The molecule has 2 aliphatic heterocycles. The fourth-order valence-corrected chi connectivity index (χ4v) is 5.71. The van der Waals surface area contributed by atoms with Crippen LogP contribution in [0.4, 0.5) is 8.78 Å². The maximum Gasteiger partial charge on any atom is 0.261 e. The molecule has 3 unspecified atom stereocenters. The van der Waals surface area contributed by atoms with Crippen LogP contribution < -0.4 is 5.32 Å². The molecule has 1 aromatic carbocycles. The zero-order chi connectivity index (χ0) is 16.6. The van der Waals surface area contributed by atoms with Crippen molar-refractivity contribution in [1.82, 2.24) is 10.2 Å². The molecule has 126 valence electrons. The van der Waals surface area contributed by atoms with Crippen molar-refractivity contribution in [2.45, 2.75) is 30.8 Å². The molecule has 3 aliphatic rings. The molecule has 1 spiro atoms. The first-order valence-corrected chi connectivity index (χ1v) is 9.32. The summed E-state index contributed by atoms with van der Waals surface area (Å²) < 4.78 is 27.9. The van der Waals surface area contributed by atoms with Gasteiger partial charge >= 0.3 is 0 Å². The van der Waals surface area contributed by atoms with Gasteiger partial charge in [0.2, 0.25) is 0 Å². The number of piperidine rings is 1. The van der Waals surface area contributed by atoms with Crippen LogP contribution in [0.15, 0.2) is 12.1 Å². The predicted octanol–water partition coefficient (Wildman–Crippen LogP) is 3.80. The number of hydrogen-bond acceptors (Lipinski definition) is 3. The van der Waals surface area contributed by atoms with Gasteiger partial charge in [0.15, 0.2) is 5.82 Å². The van der Waals surface area contributed by atoms with Gasteiger partial charge in [-0.3, -0.25) is 9.69 Å². The molecular weight excluding hydrogens is 354 g/mol. The van der Waals surface area contributed by atoms with Crippen LogP contribution in [0.5, 0.6) is 0 Å². The van der Waals surface area contributed by atoms with E-state index in [0.29, 0.717) is 16.2 Å². The number of hydrogen-bond donors (Lipinski definition) is 1. The van der Waals surface area contributed by atoms with Gasteiger partial charge in [-0.15, -0.1) is 11.3 Å². The molecule has 0 radical (unpaired) electrons. The molecule has 1 N–H and O–H groups in total. The van der Waals surface area contributed by atoms with Crippen molar-refractivity contribution in [2.24, 2.45) is 5.92 Å². The van der Waals surface area contributed by atoms with E-state index in [4.69, 9.17) is 11.6 Å². The van der Waals surface area contributed by atoms with Gasteiger partial charge in [0, 0.05) is 12.1 Å². The number of benzene rings is 1. The van der Waals surface area contributed by atoms with E-state index >= 15 is 0 Å². The fourth-order valence-electron chi connectivity index (χ4n) is 4.52. The number of nitrogens with zero attached hydrogens (tertiary/aromatic N) is 1. The molecule has 1 saturated carbocycles. The fraction of sp³-hybridized carbons (Fsp3) is 0.471. The Labute approximate surface area is 146 Å². The van der Waals surface area contributed by atoms with E-state index in [0.717, 1.165) is 43.7 Å². The van der Waals surface area contributed by atoms with Crippen LogP contribution in [-0.2, 0) is 0 Å². The van der Waals surface area contributed by atoms with E-state index < -0.39 is 16.7 Å². The third-order valence-electron chi connectivity index (χ3n) is 5.82. The molecule has 2 aromatic rings. The van der Waals surface area contributed by atoms with Crippen LogP contribution in [0.3, 0.4) is 0 Å². The quantitative estimate of drug-likeness (QED) is 0.818. The monoisotopic (exact) mass is 368 g/mol. The first-order valence-electron chi connectivity index (χ1n) is 8.12. The lowest BCUT2D eigenvalue weighted by molar-refractivity contribution is 0.0896. The highest BCUT2D eigenvalue weighted by Gasteiger charge is 2.63. The van der Waals surface area contributed by atoms with E-state index in [2.05, 4.69) is 10.2 Å². The molecule has 2 bridgehead atoms. The largest absolute Gasteiger partial charge is 0.346 e. The van der Waals surface area contributed by atoms with E-state index in [1.165, 1.54) is 6.07 Å². The summed E-state index contributed by atoms with van der Waals surface area (Å²) >= 11 is 6.65. The van der Waals surface area contributed by atoms with Crippen molar-refractivity contribution < 1.29 is 13.6 Å². The van der Waals surface area contributed by atoms with Gasteiger partial charge in [0.25, 0.3) is 5.91 Å². The second-order valence-electron chi connectivity index (χ2n) is 7.06. The van der Waals surface area contributed by atoms with Crippen LogP contribution >= 0.6 is 22.9 Å². The minimum Gasteiger partial charge on any atom is -0.346 e. The molecule has 7 heteroatoms. The summed E-state index contributed by atoms with van der Waals surface area (Å²) in [4.78, 5) is 15.6. The zero-order valence-corrected chi connectivity index (χ0v) is 14.3. The Bertz CT molecular complexity index is 879. The molecule has 3 fully saturated rings. The van der Waals surface area contributed by atoms with E-state index in [-0.39, 0.29) is 22.2 Å². The smallest absolute Gasteiger partial charge is 0.261 e. The Kier molecular flexibility index (Phi) is 3.07. The van der Waals surface area contributed by atoms with Crippen molar-refractivity contribution >= 4 is 38.9 Å². The number of nitrogens with one attached hydrogen (secondary N) is 1. The highest BCUT2D eigenvalue weighted by atomic mass is 35.5. The standard InChI is InChI=1S/C17H15ClF2N2OS/c18-12-10(19)5-9-6-11(24-14(9)13(12)20)16(23)21-15-8-1-4-22(7-8)17(15)2-3-17/h5-6,8,15H,1-4,7H2,(H,21,23). The summed E-state index contributed by atoms with van der Waals surface area (Å²) in [6, 6.07) is 2.90. The summed E-state index contributed by atoms with van der Waals surface area (Å²) in [6.45, 7) is 2.19. The molecule has 1 amide bonds. The topological polar surface area (TPSA) is 32.3 Å². The maximum absolute atomic E-state index is 14.1. The van der Waals surface area contributed by atoms with E-state index in [1.807, 2.05) is 0 Å². The summed E-state index contributed by atoms with van der Waals surface area (Å²) in [5.74, 6) is -1.28. The summed E-state index contributed by atoms with van der Waals surface area (Å²) in [7, 11) is 0. The number of carbonyl (C=O) groups excluding carboxylic acids is 1. The molecule has 24 heavy (non-hydrogen) atoms. The van der Waals surface area contributed by atoms with Gasteiger partial charge in [-0.1, -0.05) is 11.6 Å². The average molecular weight is 369 g/mol. The van der Waals surface area contributed by atoms with Crippen molar-refractivity contribution in [3.63, 3.8) is 0 Å². The highest BCUT2D eigenvalue weighted by molar-refractivity contribution is 7.20. The minimum atomic E-state index is -0.802. The summed E-state index contributed by atoms with van der Waals surface area (Å²) in [5, 5.41) is 3.03. The first kappa shape index (κ1) is 15.0. The van der Waals surface area contributed by atoms with Crippen LogP contribution in [0.25, 0.3) is 10.1 Å². The van der Waals surface area contributed by atoms with Gasteiger partial charge in [-0.25, -0.2) is 8.78 Å². The number of thiophene rings is 1. The number of amides is 1. The lowest BCUT2D eigenvalue weighted by Crippen LogP contribution is -2.51. The number of rotatable bonds is 2. The van der Waals surface area contributed by atoms with Gasteiger partial charge < -0.3 is 5.32 Å². The Morgan fingerprint density at radius 2 is 2.17 bits per heavy atom. The van der Waals surface area contributed by atoms with Crippen molar-refractivity contribution in [3.8, 4) is 0 Å². The van der Waals surface area contributed by atoms with E-state index in [9.17, 15) is 13.6 Å². The lowest BCUT2D eigenvalue weighted by atomic mass is 9.92. The molecule has 5 rings (SSSR count). The lowest BCUT2D eigenvalue weighted by Gasteiger charge is -2.33. The number of halogens is 3. The van der Waals surface area contributed by atoms with Crippen molar-refractivity contribution in [2.75, 3.05) is 13.1 Å². The van der Waals surface area contributed by atoms with Gasteiger partial charge in [0.1, 0.15) is 10.8 Å². The Balaban J connectivity index is 1.45. The SMILES string of the molecule is O=C(NC1C2CCN(C2)C12CC2)c1cc2cc(F)c(Cl)c(F)c2s1. The van der Waals surface area contributed by atoms with Crippen molar-refractivity contribution in [1.29, 1.82) is 0 Å². The molecule has 2 saturated heterocycles. The molecule has 1 aromatic heterocycles. The Hall–Kier alpha value is -1.24. The van der Waals surface area contributed by atoms with Crippen molar-refractivity contribution in [3.05, 3.63) is 33.7 Å². The molecule has 3 heterocycles. The zero-order valence-electron chi connectivity index (χ0n) is 12.7. The third-order valence-corrected chi connectivity index (χ3v) is 7.31. The number of carbonyl (C=O) groups is 1. The Morgan fingerprint density at radius 1 is 1.38 bits per heavy atom. The summed E-state index contributed by atoms with van der Waals surface area (Å²) in [5.41, 5.74) is 0.163. The molecule has 3 nitrogen and oxygen atoms in total. The highest BCUT2D eigenvalue weighted by Crippen LogP contribution is 2.55. The average Bonchev–Trinajstić information content (AvgIpc) is 2.94. The normalized spacial score (nSPS) is 29.5. The summed E-state index contributed by atoms with van der Waals surface area (Å²) in [6.07, 6.45) is 3.39. The molecular formula is C17H15ClF2N2OS. The number of fused-ring (bicyclic) bond motifs is 4. The maximum atomic E-state index is 14.1. The van der Waals surface area contributed by atoms with Gasteiger partial charge in [-0.05, 0) is 49.2 Å². The first-order chi connectivity index (χ1) is 11.5. The second-order valence-corrected chi connectivity index (χ2v) is 8.49. The molecule has 1 aliphatic carbocycles. The van der Waals surface area contributed by atoms with Crippen LogP contribution in [-0.4, -0.2) is 35.5 Å². The van der Waals surface area contributed by atoms with Gasteiger partial charge in [0.05, 0.1) is 15.6 Å². The Morgan fingerprint density at radius 3 is 2.92 bits per heavy atom.